The lowest BCUT2D eigenvalue weighted by atomic mass is 9.30. The van der Waals surface area contributed by atoms with Crippen LogP contribution >= 0.6 is 0 Å². The van der Waals surface area contributed by atoms with Gasteiger partial charge in [-0.3, -0.25) is 0 Å². The number of fused-ring (bicyclic) bond motifs is 10. The zero-order valence-electron chi connectivity index (χ0n) is 52.1. The summed E-state index contributed by atoms with van der Waals surface area (Å²) in [6.45, 7) is 33.8. The largest absolute Gasteiger partial charge is 0.311 e. The highest BCUT2D eigenvalue weighted by Gasteiger charge is 2.50. The molecule has 9 aromatic rings. The Morgan fingerprint density at radius 2 is 0.607 bits per heavy atom. The normalized spacial score (nSPS) is 17.9. The van der Waals surface area contributed by atoms with Crippen LogP contribution in [0.25, 0.3) is 0 Å². The SMILES string of the molecule is CC(C)(C)c1cc2c3c(c1)N(c1ccccc1)c1cc4c(cc1B3c1ccccc1N2c1ccc2c(c1)C(C)(C)CCC2(C)C)B1c2ccccc2N(c2ccc3c(c2)C(C)(C)CCC3(C)C)c2cc(C(C)(C)C)cc(c21)N4c1ccccc1. The number of hydrogen-bond donors (Lipinski definition) is 0. The van der Waals surface area contributed by atoms with Gasteiger partial charge in [-0.1, -0.05) is 188 Å². The minimum Gasteiger partial charge on any atom is -0.311 e. The third-order valence-corrected chi connectivity index (χ3v) is 21.0. The van der Waals surface area contributed by atoms with E-state index in [1.54, 1.807) is 0 Å². The Bertz CT molecular complexity index is 3950. The predicted molar refractivity (Wildman–Crippen MR) is 362 cm³/mol. The third-order valence-electron chi connectivity index (χ3n) is 21.0. The van der Waals surface area contributed by atoms with E-state index in [0.29, 0.717) is 0 Å². The second-order valence-electron chi connectivity index (χ2n) is 30.3. The van der Waals surface area contributed by atoms with Gasteiger partial charge in [-0.05, 0) is 215 Å². The van der Waals surface area contributed by atoms with Crippen LogP contribution in [0.2, 0.25) is 0 Å². The quantitative estimate of drug-likeness (QED) is 0.163. The van der Waals surface area contributed by atoms with Crippen LogP contribution < -0.4 is 52.4 Å². The molecule has 2 aliphatic carbocycles. The van der Waals surface area contributed by atoms with E-state index in [1.165, 1.54) is 136 Å². The second-order valence-corrected chi connectivity index (χ2v) is 30.3. The van der Waals surface area contributed by atoms with Crippen LogP contribution in [0.15, 0.2) is 182 Å². The van der Waals surface area contributed by atoms with Crippen molar-refractivity contribution in [2.24, 2.45) is 0 Å². The van der Waals surface area contributed by atoms with Crippen molar-refractivity contribution >= 4 is 114 Å². The zero-order valence-corrected chi connectivity index (χ0v) is 52.1. The molecule has 0 saturated carbocycles. The standard InChI is InChI=1S/C78H80B2N4/c1-73(2,3)49-41-67-71-69(43-49)83(53-33-35-55-57(45-53)77(11,12)39-37-75(55,7)8)63-31-23-21-29-59(63)79(71)61-47-62-66(48-65(61)81(67)51-25-17-15-18-26-51)82(52-27-19-16-20-28-52)68-42-50(74(4,5)6)44-70-72(68)80(62)60-30-22-24-32-64(60)84(70)54-34-36-56-58(46-54)78(13,14)40-38-76(56,9)10/h15-36,41-48H,37-40H2,1-14H3. The molecule has 0 amide bonds. The van der Waals surface area contributed by atoms with Gasteiger partial charge in [0.15, 0.2) is 0 Å². The molecule has 4 aliphatic heterocycles. The smallest absolute Gasteiger partial charge is 0.252 e. The molecule has 6 heteroatoms. The summed E-state index contributed by atoms with van der Waals surface area (Å²) in [7, 11) is 0. The van der Waals surface area contributed by atoms with Crippen LogP contribution in [0, 0.1) is 0 Å². The summed E-state index contributed by atoms with van der Waals surface area (Å²) < 4.78 is 0. The third kappa shape index (κ3) is 7.80. The molecule has 0 atom stereocenters. The molecule has 0 N–H and O–H groups in total. The van der Waals surface area contributed by atoms with Crippen LogP contribution in [0.3, 0.4) is 0 Å². The molecule has 0 aromatic heterocycles. The first-order valence-electron chi connectivity index (χ1n) is 31.2. The Balaban J connectivity index is 1.04. The molecule has 0 fully saturated rings. The Morgan fingerprint density at radius 1 is 0.286 bits per heavy atom. The van der Waals surface area contributed by atoms with Crippen molar-refractivity contribution in [1.82, 2.24) is 0 Å². The second kappa shape index (κ2) is 17.9. The first-order chi connectivity index (χ1) is 39.9. The number of rotatable bonds is 4. The molecule has 0 saturated heterocycles. The van der Waals surface area contributed by atoms with Crippen molar-refractivity contribution in [1.29, 1.82) is 0 Å². The van der Waals surface area contributed by atoms with Gasteiger partial charge in [-0.2, -0.15) is 0 Å². The maximum absolute atomic E-state index is 2.69. The molecule has 15 rings (SSSR count). The van der Waals surface area contributed by atoms with Gasteiger partial charge in [0.1, 0.15) is 0 Å². The summed E-state index contributed by atoms with van der Waals surface area (Å²) in [4.78, 5) is 10.6. The number of benzene rings is 9. The number of nitrogens with zero attached hydrogens (tertiary/aromatic N) is 4. The summed E-state index contributed by atoms with van der Waals surface area (Å²) >= 11 is 0. The van der Waals surface area contributed by atoms with Crippen molar-refractivity contribution in [3.05, 3.63) is 215 Å². The molecule has 4 heterocycles. The first kappa shape index (κ1) is 53.1. The predicted octanol–water partition coefficient (Wildman–Crippen LogP) is 17.1. The van der Waals surface area contributed by atoms with Crippen molar-refractivity contribution in [2.75, 3.05) is 19.6 Å². The van der Waals surface area contributed by atoms with E-state index in [-0.39, 0.29) is 45.9 Å². The van der Waals surface area contributed by atoms with Gasteiger partial charge in [0.25, 0.3) is 13.4 Å². The molecule has 84 heavy (non-hydrogen) atoms. The number of hydrogen-bond acceptors (Lipinski definition) is 4. The van der Waals surface area contributed by atoms with Crippen molar-refractivity contribution in [2.45, 2.75) is 155 Å². The van der Waals surface area contributed by atoms with Crippen LogP contribution in [0.5, 0.6) is 0 Å². The lowest BCUT2D eigenvalue weighted by molar-refractivity contribution is 0.332. The van der Waals surface area contributed by atoms with E-state index in [9.17, 15) is 0 Å². The first-order valence-corrected chi connectivity index (χ1v) is 31.2. The molecule has 0 radical (unpaired) electrons. The Hall–Kier alpha value is -7.69. The van der Waals surface area contributed by atoms with Gasteiger partial charge in [-0.25, -0.2) is 0 Å². The topological polar surface area (TPSA) is 13.0 Å². The van der Waals surface area contributed by atoms with E-state index in [1.807, 2.05) is 0 Å². The van der Waals surface area contributed by atoms with Crippen LogP contribution in [-0.4, -0.2) is 13.4 Å². The van der Waals surface area contributed by atoms with Gasteiger partial charge in [-0.15, -0.1) is 0 Å². The van der Waals surface area contributed by atoms with E-state index in [2.05, 4.69) is 299 Å². The molecular formula is C78H80B2N4. The average Bonchev–Trinajstić information content (AvgIpc) is 1.05. The summed E-state index contributed by atoms with van der Waals surface area (Å²) in [5.41, 5.74) is 31.4. The van der Waals surface area contributed by atoms with Crippen LogP contribution in [0.1, 0.15) is 156 Å². The zero-order chi connectivity index (χ0) is 58.4. The lowest BCUT2D eigenvalue weighted by Crippen LogP contribution is -2.65. The van der Waals surface area contributed by atoms with E-state index >= 15 is 0 Å². The van der Waals surface area contributed by atoms with Crippen molar-refractivity contribution < 1.29 is 0 Å². The van der Waals surface area contributed by atoms with Crippen LogP contribution in [-0.2, 0) is 32.5 Å². The summed E-state index contributed by atoms with van der Waals surface area (Å²) in [6, 6.07) is 71.7. The Kier molecular flexibility index (Phi) is 11.3. The molecular weight excluding hydrogens is 1010 g/mol. The fraction of sp³-hybridized carbons (Fsp3) is 0.308. The fourth-order valence-electron chi connectivity index (χ4n) is 15.9. The maximum atomic E-state index is 2.69. The number of para-hydroxylation sites is 4. The molecule has 0 unspecified atom stereocenters. The summed E-state index contributed by atoms with van der Waals surface area (Å²) in [6.07, 6.45) is 4.70. The molecule has 6 aliphatic rings. The van der Waals surface area contributed by atoms with E-state index < -0.39 is 0 Å². The molecule has 418 valence electrons. The average molecular weight is 1100 g/mol. The van der Waals surface area contributed by atoms with E-state index in [4.69, 9.17) is 0 Å². The van der Waals surface area contributed by atoms with Crippen LogP contribution in [0.4, 0.5) is 68.2 Å². The summed E-state index contributed by atoms with van der Waals surface area (Å²) in [5.74, 6) is 0. The molecule has 9 aromatic carbocycles. The minimum absolute atomic E-state index is 0.0530. The highest BCUT2D eigenvalue weighted by atomic mass is 15.2. The fourth-order valence-corrected chi connectivity index (χ4v) is 15.9. The Morgan fingerprint density at radius 3 is 0.964 bits per heavy atom. The van der Waals surface area contributed by atoms with Gasteiger partial charge < -0.3 is 19.6 Å². The van der Waals surface area contributed by atoms with Crippen molar-refractivity contribution in [3.8, 4) is 0 Å². The minimum atomic E-state index is -0.144. The molecule has 0 spiro atoms. The van der Waals surface area contributed by atoms with E-state index in [0.717, 1.165) is 24.2 Å². The van der Waals surface area contributed by atoms with Gasteiger partial charge in [0.05, 0.1) is 0 Å². The molecule has 0 bridgehead atoms. The summed E-state index contributed by atoms with van der Waals surface area (Å²) in [5, 5.41) is 0. The van der Waals surface area contributed by atoms with Crippen molar-refractivity contribution in [3.63, 3.8) is 0 Å². The monoisotopic (exact) mass is 1090 g/mol. The van der Waals surface area contributed by atoms with Gasteiger partial charge >= 0.3 is 0 Å². The molecule has 4 nitrogen and oxygen atoms in total. The highest BCUT2D eigenvalue weighted by molar-refractivity contribution is 7.03. The van der Waals surface area contributed by atoms with Gasteiger partial charge in [0, 0.05) is 68.2 Å². The Labute approximate surface area is 501 Å². The van der Waals surface area contributed by atoms with Gasteiger partial charge in [0.2, 0.25) is 0 Å². The lowest BCUT2D eigenvalue weighted by Gasteiger charge is -2.48. The number of anilines is 12. The maximum Gasteiger partial charge on any atom is 0.252 e. The highest BCUT2D eigenvalue weighted by Crippen LogP contribution is 2.54.